The molecule has 0 saturated carbocycles. The van der Waals surface area contributed by atoms with E-state index in [-0.39, 0.29) is 48.6 Å². The summed E-state index contributed by atoms with van der Waals surface area (Å²) in [6.45, 7) is 12.8. The predicted molar refractivity (Wildman–Crippen MR) is 283 cm³/mol. The van der Waals surface area contributed by atoms with Crippen molar-refractivity contribution >= 4 is 65.8 Å². The summed E-state index contributed by atoms with van der Waals surface area (Å²) in [4.78, 5) is 18.6. The number of nitriles is 1. The van der Waals surface area contributed by atoms with E-state index in [0.717, 1.165) is 77.6 Å². The largest absolute Gasteiger partial charge is 0.497 e. The number of furan rings is 2. The molecule has 12 rings (SSSR count). The van der Waals surface area contributed by atoms with Crippen molar-refractivity contribution in [1.29, 1.82) is 5.26 Å². The molecular weight excluding hydrogens is 1050 g/mol. The fourth-order valence-electron chi connectivity index (χ4n) is 9.50. The molecule has 0 N–H and O–H groups in total. The molecule has 0 aliphatic rings. The van der Waals surface area contributed by atoms with Gasteiger partial charge in [-0.2, -0.15) is 5.26 Å². The van der Waals surface area contributed by atoms with Gasteiger partial charge in [0.1, 0.15) is 11.8 Å². The first-order chi connectivity index (χ1) is 35.1. The van der Waals surface area contributed by atoms with Crippen molar-refractivity contribution in [2.75, 3.05) is 0 Å². The summed E-state index contributed by atoms with van der Waals surface area (Å²) in [5, 5.41) is 14.1. The van der Waals surface area contributed by atoms with E-state index in [0.29, 0.717) is 44.6 Å². The Balaban J connectivity index is 0.000000315. The Labute approximate surface area is 430 Å². The second kappa shape index (κ2) is 18.5. The summed E-state index contributed by atoms with van der Waals surface area (Å²) >= 11 is 0. The van der Waals surface area contributed by atoms with Crippen LogP contribution < -0.4 is 0 Å². The van der Waals surface area contributed by atoms with Gasteiger partial charge in [0, 0.05) is 68.8 Å². The molecule has 0 amide bonds. The van der Waals surface area contributed by atoms with E-state index in [1.54, 1.807) is 12.1 Å². The minimum Gasteiger partial charge on any atom is -0.497 e. The molecule has 0 spiro atoms. The molecule has 9 heteroatoms. The predicted octanol–water partition coefficient (Wildman–Crippen LogP) is 16.2. The third kappa shape index (κ3) is 8.27. The van der Waals surface area contributed by atoms with E-state index < -0.39 is 6.85 Å². The number of nitrogens with zero attached hydrogens (tertiary/aromatic N) is 6. The van der Waals surface area contributed by atoms with Crippen LogP contribution in [0.1, 0.15) is 92.5 Å². The molecule has 0 atom stereocenters. The van der Waals surface area contributed by atoms with Crippen LogP contribution in [0.5, 0.6) is 0 Å². The zero-order valence-corrected chi connectivity index (χ0v) is 42.7. The topological polar surface area (TPSA) is 107 Å². The monoisotopic (exact) mass is 1110 g/mol. The van der Waals surface area contributed by atoms with Crippen molar-refractivity contribution in [3.8, 4) is 45.7 Å². The van der Waals surface area contributed by atoms with Crippen molar-refractivity contribution in [2.24, 2.45) is 0 Å². The summed E-state index contributed by atoms with van der Waals surface area (Å²) in [7, 11) is 0. The minimum atomic E-state index is -2.48. The molecule has 71 heavy (non-hydrogen) atoms. The summed E-state index contributed by atoms with van der Waals surface area (Å²) in [6, 6.07) is 54.6. The Bertz CT molecular complexity index is 4120. The Morgan fingerprint density at radius 1 is 0.690 bits per heavy atom. The van der Waals surface area contributed by atoms with Crippen LogP contribution in [0.3, 0.4) is 0 Å². The molecule has 0 aliphatic heterocycles. The van der Waals surface area contributed by atoms with E-state index >= 15 is 0 Å². The average molecular weight is 1110 g/mol. The molecule has 8 nitrogen and oxygen atoms in total. The number of fused-ring (bicyclic) bond motifs is 10. The maximum atomic E-state index is 9.52. The Hall–Kier alpha value is -7.76. The number of hydrogen-bond donors (Lipinski definition) is 0. The molecule has 5 heterocycles. The first kappa shape index (κ1) is 43.3. The van der Waals surface area contributed by atoms with Gasteiger partial charge in [-0.15, -0.1) is 53.6 Å². The number of imidazole rings is 1. The number of benzene rings is 7. The van der Waals surface area contributed by atoms with Gasteiger partial charge in [0.25, 0.3) is 0 Å². The van der Waals surface area contributed by atoms with Crippen LogP contribution in [0.15, 0.2) is 155 Å². The average Bonchev–Trinajstić information content (AvgIpc) is 4.12. The Morgan fingerprint density at radius 3 is 2.13 bits per heavy atom. The van der Waals surface area contributed by atoms with Crippen molar-refractivity contribution in [2.45, 2.75) is 72.6 Å². The number of aryl methyl sites for hydroxylation is 1. The quantitative estimate of drug-likeness (QED) is 0.153. The standard InChI is InChI=1S/C48H35N4O2.C14H15N2.Ir/c1-26(2)38-23-31(29-11-7-6-8-12-29)24-39(27(3)4)42(38)52-43-33-14-10-9-13-30(33)16-22-40(43)51-47(52)37-18-15-28(5)41-36-21-20-34-35-19-17-32(25-49)50-48(35)54-45(34)46(36)53-44(37)41;1-14(2,3)12-9-10-15-13(16-12)11-7-5-4-6-8-11;/h6-17,19-24,26-27H,1-5H3;4-7,9-10H,1-3H3;/q2*-1;/i5D3;;. The van der Waals surface area contributed by atoms with E-state index in [2.05, 4.69) is 141 Å². The molecule has 0 saturated heterocycles. The third-order valence-corrected chi connectivity index (χ3v) is 13.0. The van der Waals surface area contributed by atoms with Crippen LogP contribution in [0, 0.1) is 30.3 Å². The van der Waals surface area contributed by atoms with Gasteiger partial charge in [-0.3, -0.25) is 15.0 Å². The molecule has 0 bridgehead atoms. The van der Waals surface area contributed by atoms with Crippen molar-refractivity contribution in [3.63, 3.8) is 0 Å². The molecule has 7 aromatic carbocycles. The molecular formula is C62H50IrN6O2-2. The summed E-state index contributed by atoms with van der Waals surface area (Å²) in [5.41, 5.74) is 11.7. The van der Waals surface area contributed by atoms with Crippen LogP contribution in [0.2, 0.25) is 0 Å². The molecule has 0 fully saturated rings. The van der Waals surface area contributed by atoms with E-state index in [1.807, 2.05) is 79.0 Å². The normalized spacial score (nSPS) is 12.6. The van der Waals surface area contributed by atoms with Gasteiger partial charge < -0.3 is 13.4 Å². The minimum absolute atomic E-state index is 0. The van der Waals surface area contributed by atoms with E-state index in [4.69, 9.17) is 17.9 Å². The maximum absolute atomic E-state index is 9.52. The van der Waals surface area contributed by atoms with Crippen LogP contribution in [0.4, 0.5) is 0 Å². The van der Waals surface area contributed by atoms with Gasteiger partial charge in [-0.25, -0.2) is 4.98 Å². The zero-order chi connectivity index (χ0) is 50.9. The second-order valence-corrected chi connectivity index (χ2v) is 19.4. The summed E-state index contributed by atoms with van der Waals surface area (Å²) in [5.74, 6) is 1.59. The Kier molecular flexibility index (Phi) is 11.3. The van der Waals surface area contributed by atoms with Crippen LogP contribution in [-0.2, 0) is 25.5 Å². The van der Waals surface area contributed by atoms with E-state index in [1.165, 1.54) is 0 Å². The van der Waals surface area contributed by atoms with Gasteiger partial charge in [0.2, 0.25) is 5.71 Å². The van der Waals surface area contributed by atoms with Gasteiger partial charge in [-0.1, -0.05) is 133 Å². The van der Waals surface area contributed by atoms with Crippen LogP contribution in [-0.4, -0.2) is 24.5 Å². The molecule has 1 radical (unpaired) electrons. The summed E-state index contributed by atoms with van der Waals surface area (Å²) < 4.78 is 41.3. The number of hydrogen-bond acceptors (Lipinski definition) is 7. The molecule has 351 valence electrons. The second-order valence-electron chi connectivity index (χ2n) is 19.4. The third-order valence-electron chi connectivity index (χ3n) is 13.0. The van der Waals surface area contributed by atoms with Crippen molar-refractivity contribution in [3.05, 3.63) is 186 Å². The van der Waals surface area contributed by atoms with Crippen LogP contribution in [0.25, 0.3) is 105 Å². The van der Waals surface area contributed by atoms with Gasteiger partial charge >= 0.3 is 0 Å². The number of aromatic nitrogens is 5. The van der Waals surface area contributed by atoms with Crippen molar-refractivity contribution in [1.82, 2.24) is 24.5 Å². The zero-order valence-electron chi connectivity index (χ0n) is 43.3. The fraction of sp³-hybridized carbons (Fsp3) is 0.177. The van der Waals surface area contributed by atoms with Crippen LogP contribution >= 0.6 is 0 Å². The van der Waals surface area contributed by atoms with Gasteiger partial charge in [0.15, 0.2) is 11.2 Å². The number of pyridine rings is 1. The van der Waals surface area contributed by atoms with Gasteiger partial charge in [0.05, 0.1) is 28.3 Å². The SMILES string of the molecule is CC(C)(C)c1ccnc(-c2[c-]cccc2)n1.[2H]C([2H])([2H])c1c[c-]c(-c2nc3ccc4ccccc4c3n2-c2c(C(C)C)cc(-c3ccccc3)cc2C(C)C)c2oc3c(ccc4c5ccc(C#N)nc5oc43)c12.[Ir]. The smallest absolute Gasteiger partial charge is 0.228 e. The molecule has 12 aromatic rings. The molecule has 0 aliphatic carbocycles. The maximum Gasteiger partial charge on any atom is 0.228 e. The van der Waals surface area contributed by atoms with Gasteiger partial charge in [-0.05, 0) is 81.9 Å². The Morgan fingerprint density at radius 2 is 1.41 bits per heavy atom. The van der Waals surface area contributed by atoms with E-state index in [9.17, 15) is 5.26 Å². The first-order valence-corrected chi connectivity index (χ1v) is 23.6. The molecule has 5 aromatic heterocycles. The summed E-state index contributed by atoms with van der Waals surface area (Å²) in [6.07, 6.45) is 1.81. The first-order valence-electron chi connectivity index (χ1n) is 25.1. The number of rotatable bonds is 6. The van der Waals surface area contributed by atoms with Crippen molar-refractivity contribution < 1.29 is 33.1 Å². The molecule has 0 unspecified atom stereocenters. The fourth-order valence-corrected chi connectivity index (χ4v) is 9.50.